The Kier molecular flexibility index (Phi) is 4.20. The van der Waals surface area contributed by atoms with Crippen LogP contribution in [-0.4, -0.2) is 36.8 Å². The summed E-state index contributed by atoms with van der Waals surface area (Å²) in [5, 5.41) is 8.81. The Morgan fingerprint density at radius 3 is 2.38 bits per heavy atom. The van der Waals surface area contributed by atoms with Crippen molar-refractivity contribution in [1.29, 1.82) is 0 Å². The molecule has 1 unspecified atom stereocenters. The Balaban J connectivity index is 2.30. The van der Waals surface area contributed by atoms with Gasteiger partial charge in [-0.25, -0.2) is 0 Å². The van der Waals surface area contributed by atoms with Crippen LogP contribution in [0.2, 0.25) is 0 Å². The lowest BCUT2D eigenvalue weighted by Gasteiger charge is -2.43. The molecule has 0 saturated carbocycles. The van der Waals surface area contributed by atoms with E-state index in [1.165, 1.54) is 19.5 Å². The summed E-state index contributed by atoms with van der Waals surface area (Å²) in [4.78, 5) is 2.37. The molecule has 0 aliphatic carbocycles. The molecule has 1 atom stereocenters. The summed E-state index contributed by atoms with van der Waals surface area (Å²) < 4.78 is 0. The summed E-state index contributed by atoms with van der Waals surface area (Å²) in [7, 11) is 2.18. The van der Waals surface area contributed by atoms with Gasteiger partial charge in [0.2, 0.25) is 0 Å². The fourth-order valence-electron chi connectivity index (χ4n) is 2.46. The zero-order chi connectivity index (χ0) is 9.84. The van der Waals surface area contributed by atoms with Gasteiger partial charge in [-0.1, -0.05) is 13.8 Å². The molecule has 1 saturated heterocycles. The van der Waals surface area contributed by atoms with Gasteiger partial charge in [-0.05, 0) is 37.6 Å². The standard InChI is InChI=1S/C11H23NO/c1-9(2)11(5-4-6-13)10-7-12(3)8-10/h9-11,13H,4-8H2,1-3H3. The maximum Gasteiger partial charge on any atom is 0.0431 e. The molecule has 0 aromatic carbocycles. The second kappa shape index (κ2) is 4.97. The van der Waals surface area contributed by atoms with Gasteiger partial charge >= 0.3 is 0 Å². The second-order valence-electron chi connectivity index (χ2n) is 4.75. The van der Waals surface area contributed by atoms with Gasteiger partial charge in [0, 0.05) is 19.7 Å². The molecule has 0 spiro atoms. The highest BCUT2D eigenvalue weighted by molar-refractivity contribution is 4.84. The molecule has 13 heavy (non-hydrogen) atoms. The average molecular weight is 185 g/mol. The van der Waals surface area contributed by atoms with Crippen LogP contribution in [0.15, 0.2) is 0 Å². The third-order valence-corrected chi connectivity index (χ3v) is 3.25. The predicted molar refractivity (Wildman–Crippen MR) is 55.6 cm³/mol. The summed E-state index contributed by atoms with van der Waals surface area (Å²) in [6.45, 7) is 7.48. The first-order valence-electron chi connectivity index (χ1n) is 5.44. The molecule has 2 heteroatoms. The zero-order valence-electron chi connectivity index (χ0n) is 9.16. The molecule has 1 heterocycles. The van der Waals surface area contributed by atoms with Gasteiger partial charge in [0.15, 0.2) is 0 Å². The van der Waals surface area contributed by atoms with Crippen LogP contribution in [0.1, 0.15) is 26.7 Å². The van der Waals surface area contributed by atoms with Gasteiger partial charge in [0.25, 0.3) is 0 Å². The van der Waals surface area contributed by atoms with Crippen LogP contribution in [0.25, 0.3) is 0 Å². The van der Waals surface area contributed by atoms with Crippen molar-refractivity contribution in [2.75, 3.05) is 26.7 Å². The maximum absolute atomic E-state index is 8.81. The number of likely N-dealkylation sites (tertiary alicyclic amines) is 1. The Morgan fingerprint density at radius 1 is 1.38 bits per heavy atom. The Morgan fingerprint density at radius 2 is 2.00 bits per heavy atom. The number of nitrogens with zero attached hydrogens (tertiary/aromatic N) is 1. The SMILES string of the molecule is CC(C)C(CCCO)C1CN(C)C1. The molecule has 1 N–H and O–H groups in total. The van der Waals surface area contributed by atoms with Gasteiger partial charge in [-0.2, -0.15) is 0 Å². The molecular formula is C11H23NO. The van der Waals surface area contributed by atoms with Crippen LogP contribution in [0.4, 0.5) is 0 Å². The molecule has 2 nitrogen and oxygen atoms in total. The van der Waals surface area contributed by atoms with E-state index in [1.807, 2.05) is 0 Å². The van der Waals surface area contributed by atoms with Crippen molar-refractivity contribution < 1.29 is 5.11 Å². The van der Waals surface area contributed by atoms with Crippen LogP contribution in [0.5, 0.6) is 0 Å². The molecule has 0 radical (unpaired) electrons. The lowest BCUT2D eigenvalue weighted by Crippen LogP contribution is -2.48. The number of aliphatic hydroxyl groups is 1. The quantitative estimate of drug-likeness (QED) is 0.703. The highest BCUT2D eigenvalue weighted by Crippen LogP contribution is 2.31. The lowest BCUT2D eigenvalue weighted by atomic mass is 9.76. The maximum atomic E-state index is 8.81. The van der Waals surface area contributed by atoms with Crippen molar-refractivity contribution in [3.05, 3.63) is 0 Å². The minimum Gasteiger partial charge on any atom is -0.396 e. The van der Waals surface area contributed by atoms with Gasteiger partial charge in [0.05, 0.1) is 0 Å². The summed E-state index contributed by atoms with van der Waals surface area (Å²) in [5.41, 5.74) is 0. The molecule has 0 aromatic heterocycles. The van der Waals surface area contributed by atoms with E-state index in [1.54, 1.807) is 0 Å². The summed E-state index contributed by atoms with van der Waals surface area (Å²) in [6, 6.07) is 0. The Bertz CT molecular complexity index is 141. The average Bonchev–Trinajstić information content (AvgIpc) is 2.01. The third kappa shape index (κ3) is 2.96. The number of rotatable bonds is 5. The van der Waals surface area contributed by atoms with Crippen molar-refractivity contribution in [2.45, 2.75) is 26.7 Å². The molecule has 0 aromatic rings. The summed E-state index contributed by atoms with van der Waals surface area (Å²) in [5.74, 6) is 2.48. The van der Waals surface area contributed by atoms with E-state index >= 15 is 0 Å². The second-order valence-corrected chi connectivity index (χ2v) is 4.75. The minimum atomic E-state index is 0.353. The molecule has 0 bridgehead atoms. The van der Waals surface area contributed by atoms with E-state index in [0.717, 1.165) is 24.2 Å². The highest BCUT2D eigenvalue weighted by Gasteiger charge is 2.32. The van der Waals surface area contributed by atoms with Crippen molar-refractivity contribution in [2.24, 2.45) is 17.8 Å². The molecule has 1 aliphatic heterocycles. The Labute approximate surface area is 81.9 Å². The monoisotopic (exact) mass is 185 g/mol. The smallest absolute Gasteiger partial charge is 0.0431 e. The first kappa shape index (κ1) is 11.0. The van der Waals surface area contributed by atoms with E-state index < -0.39 is 0 Å². The van der Waals surface area contributed by atoms with Crippen LogP contribution >= 0.6 is 0 Å². The van der Waals surface area contributed by atoms with Crippen LogP contribution in [0, 0.1) is 17.8 Å². The number of hydrogen-bond acceptors (Lipinski definition) is 2. The molecular weight excluding hydrogens is 162 g/mol. The van der Waals surface area contributed by atoms with E-state index in [0.29, 0.717) is 6.61 Å². The van der Waals surface area contributed by atoms with Crippen molar-refractivity contribution in [3.8, 4) is 0 Å². The molecule has 1 rings (SSSR count). The van der Waals surface area contributed by atoms with Crippen molar-refractivity contribution in [3.63, 3.8) is 0 Å². The van der Waals surface area contributed by atoms with Gasteiger partial charge in [0.1, 0.15) is 0 Å². The van der Waals surface area contributed by atoms with E-state index in [9.17, 15) is 0 Å². The molecule has 78 valence electrons. The highest BCUT2D eigenvalue weighted by atomic mass is 16.2. The van der Waals surface area contributed by atoms with Gasteiger partial charge in [-0.3, -0.25) is 0 Å². The first-order chi connectivity index (χ1) is 6.15. The number of aliphatic hydroxyl groups excluding tert-OH is 1. The zero-order valence-corrected chi connectivity index (χ0v) is 9.16. The molecule has 1 aliphatic rings. The van der Waals surface area contributed by atoms with Crippen LogP contribution in [-0.2, 0) is 0 Å². The molecule has 1 fully saturated rings. The fraction of sp³-hybridized carbons (Fsp3) is 1.00. The summed E-state index contributed by atoms with van der Waals surface area (Å²) in [6.07, 6.45) is 2.18. The molecule has 0 amide bonds. The van der Waals surface area contributed by atoms with E-state index in [2.05, 4.69) is 25.8 Å². The number of hydrogen-bond donors (Lipinski definition) is 1. The normalized spacial score (nSPS) is 21.9. The van der Waals surface area contributed by atoms with Crippen molar-refractivity contribution >= 4 is 0 Å². The minimum absolute atomic E-state index is 0.353. The predicted octanol–water partition coefficient (Wildman–Crippen LogP) is 1.59. The van der Waals surface area contributed by atoms with Gasteiger partial charge < -0.3 is 10.0 Å². The summed E-state index contributed by atoms with van der Waals surface area (Å²) >= 11 is 0. The Hall–Kier alpha value is -0.0800. The van der Waals surface area contributed by atoms with E-state index in [4.69, 9.17) is 5.11 Å². The van der Waals surface area contributed by atoms with Crippen molar-refractivity contribution in [1.82, 2.24) is 4.90 Å². The van der Waals surface area contributed by atoms with Crippen LogP contribution in [0.3, 0.4) is 0 Å². The first-order valence-corrected chi connectivity index (χ1v) is 5.44. The third-order valence-electron chi connectivity index (χ3n) is 3.25. The largest absolute Gasteiger partial charge is 0.396 e. The van der Waals surface area contributed by atoms with Crippen LogP contribution < -0.4 is 0 Å². The van der Waals surface area contributed by atoms with E-state index in [-0.39, 0.29) is 0 Å². The fourth-order valence-corrected chi connectivity index (χ4v) is 2.46. The topological polar surface area (TPSA) is 23.5 Å². The lowest BCUT2D eigenvalue weighted by molar-refractivity contribution is 0.0539. The van der Waals surface area contributed by atoms with Gasteiger partial charge in [-0.15, -0.1) is 0 Å².